The fraction of sp³-hybridized carbons (Fsp3) is 0.625. The number of benzene rings is 1. The second-order valence-corrected chi connectivity index (χ2v) is 6.95. The molecular formula is C16H23BrFN. The van der Waals surface area contributed by atoms with Crippen LogP contribution in [0.4, 0.5) is 4.39 Å². The van der Waals surface area contributed by atoms with Crippen LogP contribution in [0.3, 0.4) is 0 Å². The maximum Gasteiger partial charge on any atom is 0.124 e. The summed E-state index contributed by atoms with van der Waals surface area (Å²) in [5.41, 5.74) is 1.41. The Hall–Kier alpha value is -0.410. The van der Waals surface area contributed by atoms with E-state index in [-0.39, 0.29) is 5.82 Å². The maximum absolute atomic E-state index is 13.5. The lowest BCUT2D eigenvalue weighted by Gasteiger charge is -2.41. The average Bonchev–Trinajstić information content (AvgIpc) is 2.35. The van der Waals surface area contributed by atoms with Gasteiger partial charge in [-0.3, -0.25) is 0 Å². The van der Waals surface area contributed by atoms with Crippen LogP contribution in [0.2, 0.25) is 0 Å². The largest absolute Gasteiger partial charge is 0.316 e. The first-order valence-corrected chi connectivity index (χ1v) is 7.95. The molecule has 1 aliphatic carbocycles. The third kappa shape index (κ3) is 3.79. The summed E-state index contributed by atoms with van der Waals surface area (Å²) >= 11 is 3.37. The molecule has 1 aromatic rings. The minimum atomic E-state index is -0.159. The molecule has 2 rings (SSSR count). The van der Waals surface area contributed by atoms with Gasteiger partial charge in [-0.25, -0.2) is 4.39 Å². The van der Waals surface area contributed by atoms with Crippen LogP contribution in [0.1, 0.15) is 44.6 Å². The van der Waals surface area contributed by atoms with Crippen LogP contribution in [-0.4, -0.2) is 13.1 Å². The highest BCUT2D eigenvalue weighted by molar-refractivity contribution is 9.10. The zero-order chi connectivity index (χ0) is 13.9. The number of hydrogen-bond acceptors (Lipinski definition) is 1. The van der Waals surface area contributed by atoms with Crippen molar-refractivity contribution in [3.05, 3.63) is 34.1 Å². The van der Waals surface area contributed by atoms with Crippen molar-refractivity contribution in [1.82, 2.24) is 5.32 Å². The van der Waals surface area contributed by atoms with Gasteiger partial charge in [0, 0.05) is 10.5 Å². The Labute approximate surface area is 124 Å². The minimum absolute atomic E-state index is 0.159. The summed E-state index contributed by atoms with van der Waals surface area (Å²) in [6.07, 6.45) is 7.44. The molecule has 0 saturated heterocycles. The van der Waals surface area contributed by atoms with E-state index in [9.17, 15) is 4.39 Å². The van der Waals surface area contributed by atoms with Crippen LogP contribution in [0, 0.1) is 11.2 Å². The van der Waals surface area contributed by atoms with E-state index in [1.165, 1.54) is 38.2 Å². The van der Waals surface area contributed by atoms with Crippen LogP contribution in [0.5, 0.6) is 0 Å². The van der Waals surface area contributed by atoms with Crippen molar-refractivity contribution in [2.45, 2.75) is 51.5 Å². The van der Waals surface area contributed by atoms with Crippen molar-refractivity contribution in [3.63, 3.8) is 0 Å². The molecule has 0 bridgehead atoms. The summed E-state index contributed by atoms with van der Waals surface area (Å²) in [6.45, 7) is 2.38. The lowest BCUT2D eigenvalue weighted by Crippen LogP contribution is -2.44. The Morgan fingerprint density at radius 1 is 1.26 bits per heavy atom. The molecule has 0 aromatic heterocycles. The third-order valence-corrected chi connectivity index (χ3v) is 5.01. The number of halogens is 2. The van der Waals surface area contributed by atoms with Crippen molar-refractivity contribution in [3.8, 4) is 0 Å². The van der Waals surface area contributed by atoms with Gasteiger partial charge in [0.15, 0.2) is 0 Å². The molecule has 1 aromatic carbocycles. The van der Waals surface area contributed by atoms with E-state index in [1.807, 2.05) is 13.1 Å². The Bertz CT molecular complexity index is 407. The fourth-order valence-electron chi connectivity index (χ4n) is 3.37. The highest BCUT2D eigenvalue weighted by Gasteiger charge is 2.34. The average molecular weight is 328 g/mol. The van der Waals surface area contributed by atoms with Gasteiger partial charge in [0.1, 0.15) is 5.82 Å². The van der Waals surface area contributed by atoms with Gasteiger partial charge in [0.25, 0.3) is 0 Å². The molecule has 1 nitrogen and oxygen atoms in total. The van der Waals surface area contributed by atoms with Gasteiger partial charge in [0.2, 0.25) is 0 Å². The fourth-order valence-corrected chi connectivity index (χ4v) is 3.88. The zero-order valence-corrected chi connectivity index (χ0v) is 13.4. The Morgan fingerprint density at radius 3 is 2.53 bits per heavy atom. The third-order valence-electron chi connectivity index (χ3n) is 4.55. The van der Waals surface area contributed by atoms with E-state index in [4.69, 9.17) is 0 Å². The second kappa shape index (κ2) is 6.36. The van der Waals surface area contributed by atoms with Crippen molar-refractivity contribution in [1.29, 1.82) is 0 Å². The first-order valence-electron chi connectivity index (χ1n) is 7.16. The highest BCUT2D eigenvalue weighted by atomic mass is 79.9. The molecule has 1 unspecified atom stereocenters. The van der Waals surface area contributed by atoms with Gasteiger partial charge in [0.05, 0.1) is 0 Å². The number of hydrogen-bond donors (Lipinski definition) is 1. The number of rotatable bonds is 4. The van der Waals surface area contributed by atoms with Crippen molar-refractivity contribution in [2.24, 2.45) is 5.41 Å². The van der Waals surface area contributed by atoms with E-state index in [1.54, 1.807) is 6.07 Å². The summed E-state index contributed by atoms with van der Waals surface area (Å²) in [5, 5.41) is 3.46. The van der Waals surface area contributed by atoms with Gasteiger partial charge in [-0.05, 0) is 55.5 Å². The van der Waals surface area contributed by atoms with E-state index in [0.717, 1.165) is 16.5 Å². The van der Waals surface area contributed by atoms with Crippen LogP contribution in [0.25, 0.3) is 0 Å². The molecule has 1 fully saturated rings. The van der Waals surface area contributed by atoms with E-state index >= 15 is 0 Å². The van der Waals surface area contributed by atoms with Crippen LogP contribution >= 0.6 is 15.9 Å². The minimum Gasteiger partial charge on any atom is -0.316 e. The van der Waals surface area contributed by atoms with Gasteiger partial charge < -0.3 is 5.32 Å². The standard InChI is InChI=1S/C16H23BrFN/c1-16(6-4-3-5-7-16)15(19-2)10-12-8-13(17)11-14(18)9-12/h8-9,11,15,19H,3-7,10H2,1-2H3. The predicted molar refractivity (Wildman–Crippen MR) is 81.8 cm³/mol. The first kappa shape index (κ1) is 15.0. The summed E-state index contributed by atoms with van der Waals surface area (Å²) in [7, 11) is 2.03. The summed E-state index contributed by atoms with van der Waals surface area (Å²) in [5.74, 6) is -0.159. The summed E-state index contributed by atoms with van der Waals surface area (Å²) < 4.78 is 14.3. The smallest absolute Gasteiger partial charge is 0.124 e. The number of likely N-dealkylation sites (N-methyl/N-ethyl adjacent to an activating group) is 1. The molecule has 0 aliphatic heterocycles. The predicted octanol–water partition coefficient (Wildman–Crippen LogP) is 4.69. The van der Waals surface area contributed by atoms with Gasteiger partial charge >= 0.3 is 0 Å². The monoisotopic (exact) mass is 327 g/mol. The topological polar surface area (TPSA) is 12.0 Å². The quantitative estimate of drug-likeness (QED) is 0.845. The van der Waals surface area contributed by atoms with E-state index in [2.05, 4.69) is 28.2 Å². The van der Waals surface area contributed by atoms with Crippen molar-refractivity contribution >= 4 is 15.9 Å². The molecule has 1 saturated carbocycles. The Kier molecular flexibility index (Phi) is 5.02. The molecule has 1 aliphatic rings. The molecule has 0 amide bonds. The second-order valence-electron chi connectivity index (χ2n) is 6.04. The van der Waals surface area contributed by atoms with Crippen LogP contribution < -0.4 is 5.32 Å². The molecule has 19 heavy (non-hydrogen) atoms. The summed E-state index contributed by atoms with van der Waals surface area (Å²) in [6, 6.07) is 5.61. The molecule has 106 valence electrons. The highest BCUT2D eigenvalue weighted by Crippen LogP contribution is 2.39. The number of nitrogens with one attached hydrogen (secondary N) is 1. The Balaban J connectivity index is 2.13. The molecule has 0 heterocycles. The molecule has 1 N–H and O–H groups in total. The van der Waals surface area contributed by atoms with Crippen molar-refractivity contribution < 1.29 is 4.39 Å². The normalized spacial score (nSPS) is 20.2. The lowest BCUT2D eigenvalue weighted by molar-refractivity contribution is 0.149. The SMILES string of the molecule is CNC(Cc1cc(F)cc(Br)c1)C1(C)CCCCC1. The van der Waals surface area contributed by atoms with Crippen LogP contribution in [-0.2, 0) is 6.42 Å². The van der Waals surface area contributed by atoms with Gasteiger partial charge in [-0.15, -0.1) is 0 Å². The Morgan fingerprint density at radius 2 is 1.95 bits per heavy atom. The molecule has 3 heteroatoms. The van der Waals surface area contributed by atoms with Gasteiger partial charge in [-0.2, -0.15) is 0 Å². The summed E-state index contributed by atoms with van der Waals surface area (Å²) in [4.78, 5) is 0. The van der Waals surface area contributed by atoms with E-state index < -0.39 is 0 Å². The zero-order valence-electron chi connectivity index (χ0n) is 11.8. The maximum atomic E-state index is 13.5. The molecular weight excluding hydrogens is 305 g/mol. The molecule has 0 spiro atoms. The van der Waals surface area contributed by atoms with Gasteiger partial charge in [-0.1, -0.05) is 42.1 Å². The van der Waals surface area contributed by atoms with E-state index in [0.29, 0.717) is 11.5 Å². The molecule has 1 atom stereocenters. The molecule has 0 radical (unpaired) electrons. The van der Waals surface area contributed by atoms with Crippen LogP contribution in [0.15, 0.2) is 22.7 Å². The van der Waals surface area contributed by atoms with Crippen molar-refractivity contribution in [2.75, 3.05) is 7.05 Å². The first-order chi connectivity index (χ1) is 9.03. The lowest BCUT2D eigenvalue weighted by atomic mass is 9.69.